The molecule has 1 aliphatic heterocycles. The molecular weight excluding hydrogens is 292 g/mol. The molecule has 2 rings (SSSR count). The maximum absolute atomic E-state index is 11.8. The van der Waals surface area contributed by atoms with Crippen LogP contribution in [0.5, 0.6) is 5.75 Å². The molecular formula is C15H21ClN2O3. The summed E-state index contributed by atoms with van der Waals surface area (Å²) in [6.07, 6.45) is -0.286. The van der Waals surface area contributed by atoms with Crippen LogP contribution in [-0.4, -0.2) is 40.8 Å². The number of aromatic hydroxyl groups is 1. The maximum atomic E-state index is 11.8. The average Bonchev–Trinajstić information content (AvgIpc) is 2.30. The predicted octanol–water partition coefficient (Wildman–Crippen LogP) is 2.75. The molecule has 0 aliphatic carbocycles. The van der Waals surface area contributed by atoms with Crippen molar-refractivity contribution < 1.29 is 14.6 Å². The highest BCUT2D eigenvalue weighted by molar-refractivity contribution is 6.32. The lowest BCUT2D eigenvalue weighted by Gasteiger charge is -2.40. The largest absolute Gasteiger partial charge is 0.506 e. The third-order valence-corrected chi connectivity index (χ3v) is 3.49. The molecule has 1 aromatic rings. The number of phenols is 1. The number of amides is 1. The lowest BCUT2D eigenvalue weighted by atomic mass is 10.1. The molecule has 1 amide bonds. The summed E-state index contributed by atoms with van der Waals surface area (Å²) < 4.78 is 5.29. The molecule has 6 heteroatoms. The number of nitrogens with zero attached hydrogens (tertiary/aromatic N) is 1. The van der Waals surface area contributed by atoms with Crippen LogP contribution in [0.25, 0.3) is 0 Å². The van der Waals surface area contributed by atoms with Gasteiger partial charge in [-0.15, -0.1) is 0 Å². The lowest BCUT2D eigenvalue weighted by Crippen LogP contribution is -2.60. The van der Waals surface area contributed by atoms with Crippen molar-refractivity contribution in [2.45, 2.75) is 39.0 Å². The minimum atomic E-state index is -0.470. The van der Waals surface area contributed by atoms with Gasteiger partial charge in [0.1, 0.15) is 11.4 Å². The summed E-state index contributed by atoms with van der Waals surface area (Å²) >= 11 is 5.86. The van der Waals surface area contributed by atoms with Crippen molar-refractivity contribution in [3.63, 3.8) is 0 Å². The van der Waals surface area contributed by atoms with E-state index >= 15 is 0 Å². The van der Waals surface area contributed by atoms with Gasteiger partial charge in [0, 0.05) is 31.2 Å². The van der Waals surface area contributed by atoms with E-state index in [1.54, 1.807) is 17.0 Å². The highest BCUT2D eigenvalue weighted by Crippen LogP contribution is 2.27. The Morgan fingerprint density at radius 1 is 1.48 bits per heavy atom. The zero-order valence-corrected chi connectivity index (χ0v) is 13.3. The van der Waals surface area contributed by atoms with Crippen molar-refractivity contribution in [2.24, 2.45) is 0 Å². The van der Waals surface area contributed by atoms with Crippen LogP contribution < -0.4 is 5.32 Å². The molecule has 0 radical (unpaired) electrons. The van der Waals surface area contributed by atoms with Gasteiger partial charge in [0.05, 0.1) is 5.02 Å². The first-order valence-electron chi connectivity index (χ1n) is 6.94. The van der Waals surface area contributed by atoms with Gasteiger partial charge in [-0.25, -0.2) is 4.79 Å². The molecule has 21 heavy (non-hydrogen) atoms. The molecule has 116 valence electrons. The third kappa shape index (κ3) is 4.25. The number of hydrogen-bond acceptors (Lipinski definition) is 4. The van der Waals surface area contributed by atoms with Crippen molar-refractivity contribution in [1.82, 2.24) is 10.2 Å². The van der Waals surface area contributed by atoms with Gasteiger partial charge in [-0.2, -0.15) is 0 Å². The molecule has 1 fully saturated rings. The van der Waals surface area contributed by atoms with Crippen LogP contribution in [0.4, 0.5) is 4.79 Å². The normalized spacial score (nSPS) is 15.7. The van der Waals surface area contributed by atoms with E-state index in [-0.39, 0.29) is 17.9 Å². The first-order chi connectivity index (χ1) is 9.76. The fourth-order valence-corrected chi connectivity index (χ4v) is 2.23. The number of para-hydroxylation sites is 1. The van der Waals surface area contributed by atoms with E-state index < -0.39 is 5.60 Å². The maximum Gasteiger partial charge on any atom is 0.410 e. The second kappa shape index (κ2) is 6.12. The lowest BCUT2D eigenvalue weighted by molar-refractivity contribution is 0.00516. The Balaban J connectivity index is 1.76. The van der Waals surface area contributed by atoms with E-state index in [1.165, 1.54) is 0 Å². The van der Waals surface area contributed by atoms with E-state index in [4.69, 9.17) is 16.3 Å². The van der Waals surface area contributed by atoms with E-state index in [2.05, 4.69) is 5.32 Å². The first kappa shape index (κ1) is 15.9. The summed E-state index contributed by atoms with van der Waals surface area (Å²) in [7, 11) is 0. The Bertz CT molecular complexity index is 522. The molecule has 2 N–H and O–H groups in total. The van der Waals surface area contributed by atoms with Crippen molar-refractivity contribution in [3.8, 4) is 5.75 Å². The summed E-state index contributed by atoms with van der Waals surface area (Å²) in [5.41, 5.74) is 0.278. The van der Waals surface area contributed by atoms with Crippen LogP contribution in [0, 0.1) is 0 Å². The van der Waals surface area contributed by atoms with Gasteiger partial charge in [0.2, 0.25) is 0 Å². The van der Waals surface area contributed by atoms with Crippen molar-refractivity contribution in [3.05, 3.63) is 28.8 Å². The average molecular weight is 313 g/mol. The van der Waals surface area contributed by atoms with E-state index in [9.17, 15) is 9.90 Å². The van der Waals surface area contributed by atoms with Gasteiger partial charge in [0.15, 0.2) is 0 Å². The molecule has 1 heterocycles. The van der Waals surface area contributed by atoms with Gasteiger partial charge in [0.25, 0.3) is 0 Å². The fourth-order valence-electron chi connectivity index (χ4n) is 2.04. The second-order valence-electron chi connectivity index (χ2n) is 6.21. The molecule has 0 atom stereocenters. The molecule has 0 aromatic heterocycles. The Hall–Kier alpha value is -1.46. The quantitative estimate of drug-likeness (QED) is 0.901. The number of hydrogen-bond donors (Lipinski definition) is 2. The standard InChI is InChI=1S/C15H21ClN2O3/c1-15(2,3)21-14(20)18-8-11(9-18)17-7-10-5-4-6-12(16)13(10)19/h4-6,11,17,19H,7-9H2,1-3H3. The van der Waals surface area contributed by atoms with Crippen molar-refractivity contribution in [2.75, 3.05) is 13.1 Å². The number of nitrogens with one attached hydrogen (secondary N) is 1. The number of likely N-dealkylation sites (tertiary alicyclic amines) is 1. The summed E-state index contributed by atoms with van der Waals surface area (Å²) in [5.74, 6) is 0.106. The Morgan fingerprint density at radius 3 is 2.76 bits per heavy atom. The molecule has 0 unspecified atom stereocenters. The van der Waals surface area contributed by atoms with Crippen molar-refractivity contribution >= 4 is 17.7 Å². The Morgan fingerprint density at radius 2 is 2.14 bits per heavy atom. The van der Waals surface area contributed by atoms with Crippen LogP contribution in [0.15, 0.2) is 18.2 Å². The number of benzene rings is 1. The Labute approximate surface area is 129 Å². The molecule has 1 saturated heterocycles. The molecule has 1 aliphatic rings. The van der Waals surface area contributed by atoms with Crippen LogP contribution in [0.1, 0.15) is 26.3 Å². The van der Waals surface area contributed by atoms with Crippen LogP contribution in [0.2, 0.25) is 5.02 Å². The number of carbonyl (C=O) groups is 1. The number of halogens is 1. The Kier molecular flexibility index (Phi) is 4.64. The monoisotopic (exact) mass is 312 g/mol. The minimum absolute atomic E-state index is 0.106. The van der Waals surface area contributed by atoms with E-state index in [0.717, 1.165) is 5.56 Å². The second-order valence-corrected chi connectivity index (χ2v) is 6.62. The molecule has 1 aromatic carbocycles. The van der Waals surface area contributed by atoms with Gasteiger partial charge in [-0.1, -0.05) is 23.7 Å². The number of phenolic OH excluding ortho intramolecular Hbond substituents is 1. The summed E-state index contributed by atoms with van der Waals surface area (Å²) in [6, 6.07) is 5.47. The predicted molar refractivity (Wildman–Crippen MR) is 81.6 cm³/mol. The highest BCUT2D eigenvalue weighted by Gasteiger charge is 2.33. The number of ether oxygens (including phenoxy) is 1. The fraction of sp³-hybridized carbons (Fsp3) is 0.533. The number of rotatable bonds is 3. The molecule has 0 saturated carbocycles. The SMILES string of the molecule is CC(C)(C)OC(=O)N1CC(NCc2cccc(Cl)c2O)C1. The topological polar surface area (TPSA) is 61.8 Å². The summed E-state index contributed by atoms with van der Waals surface area (Å²) in [5, 5.41) is 13.4. The van der Waals surface area contributed by atoms with E-state index in [0.29, 0.717) is 24.7 Å². The van der Waals surface area contributed by atoms with Crippen molar-refractivity contribution in [1.29, 1.82) is 0 Å². The molecule has 5 nitrogen and oxygen atoms in total. The van der Waals surface area contributed by atoms with Crippen LogP contribution >= 0.6 is 11.6 Å². The van der Waals surface area contributed by atoms with Gasteiger partial charge in [-0.05, 0) is 26.8 Å². The molecule has 0 bridgehead atoms. The van der Waals surface area contributed by atoms with Gasteiger partial charge >= 0.3 is 6.09 Å². The summed E-state index contributed by atoms with van der Waals surface area (Å²) in [4.78, 5) is 13.4. The van der Waals surface area contributed by atoms with Crippen LogP contribution in [-0.2, 0) is 11.3 Å². The molecule has 0 spiro atoms. The zero-order valence-electron chi connectivity index (χ0n) is 12.5. The van der Waals surface area contributed by atoms with Crippen LogP contribution in [0.3, 0.4) is 0 Å². The minimum Gasteiger partial charge on any atom is -0.506 e. The van der Waals surface area contributed by atoms with E-state index in [1.807, 2.05) is 26.8 Å². The van der Waals surface area contributed by atoms with Gasteiger partial charge in [-0.3, -0.25) is 0 Å². The van der Waals surface area contributed by atoms with Gasteiger partial charge < -0.3 is 20.1 Å². The zero-order chi connectivity index (χ0) is 15.6. The number of carbonyl (C=O) groups excluding carboxylic acids is 1. The smallest absolute Gasteiger partial charge is 0.410 e. The highest BCUT2D eigenvalue weighted by atomic mass is 35.5. The third-order valence-electron chi connectivity index (χ3n) is 3.18. The summed E-state index contributed by atoms with van der Waals surface area (Å²) in [6.45, 7) is 7.28. The first-order valence-corrected chi connectivity index (χ1v) is 7.32.